The number of carbonyl (C=O) groups excluding carboxylic acids is 1. The molecule has 3 saturated heterocycles. The largest absolute Gasteiger partial charge is 0.349 e. The molecule has 3 aliphatic heterocycles. The third-order valence-electron chi connectivity index (χ3n) is 5.75. The maximum atomic E-state index is 12.4. The van der Waals surface area contributed by atoms with Gasteiger partial charge < -0.3 is 4.90 Å². The molecule has 0 aliphatic carbocycles. The number of hydrogen-bond donors (Lipinski definition) is 0. The van der Waals surface area contributed by atoms with Crippen molar-refractivity contribution in [3.8, 4) is 0 Å². The zero-order valence-electron chi connectivity index (χ0n) is 16.0. The predicted molar refractivity (Wildman–Crippen MR) is 106 cm³/mol. The Morgan fingerprint density at radius 1 is 1.30 bits per heavy atom. The summed E-state index contributed by atoms with van der Waals surface area (Å²) in [6, 6.07) is 10.8. The van der Waals surface area contributed by atoms with Crippen LogP contribution in [-0.4, -0.2) is 63.9 Å². The Hall–Kier alpha value is -1.86. The van der Waals surface area contributed by atoms with E-state index in [1.807, 2.05) is 24.8 Å². The lowest BCUT2D eigenvalue weighted by molar-refractivity contribution is -0.141. The minimum absolute atomic E-state index is 0.165. The Kier molecular flexibility index (Phi) is 5.50. The second-order valence-corrected chi connectivity index (χ2v) is 8.85. The number of thioether (sulfide) groups is 1. The van der Waals surface area contributed by atoms with Gasteiger partial charge in [0.1, 0.15) is 0 Å². The van der Waals surface area contributed by atoms with E-state index in [4.69, 9.17) is 0 Å². The number of nitrogens with zero attached hydrogens (tertiary/aromatic N) is 5. The van der Waals surface area contributed by atoms with E-state index in [0.717, 1.165) is 43.9 Å². The van der Waals surface area contributed by atoms with E-state index in [2.05, 4.69) is 45.7 Å². The first-order valence-corrected chi connectivity index (χ1v) is 10.6. The molecule has 0 radical (unpaired) electrons. The Bertz CT molecular complexity index is 778. The van der Waals surface area contributed by atoms with Gasteiger partial charge in [0.25, 0.3) is 0 Å². The van der Waals surface area contributed by atoms with Crippen molar-refractivity contribution in [2.45, 2.75) is 36.1 Å². The molecule has 0 N–H and O–H groups in total. The van der Waals surface area contributed by atoms with Gasteiger partial charge in [0.15, 0.2) is 0 Å². The van der Waals surface area contributed by atoms with Crippen LogP contribution < -0.4 is 0 Å². The summed E-state index contributed by atoms with van der Waals surface area (Å²) in [5.74, 6) is 1.79. The van der Waals surface area contributed by atoms with Crippen LogP contribution in [0, 0.1) is 11.8 Å². The number of hydrogen-bond acceptors (Lipinski definition) is 5. The first-order chi connectivity index (χ1) is 13.1. The van der Waals surface area contributed by atoms with Crippen molar-refractivity contribution in [1.82, 2.24) is 24.8 Å². The molecule has 4 atom stereocenters. The summed E-state index contributed by atoms with van der Waals surface area (Å²) in [7, 11) is 3.73. The van der Waals surface area contributed by atoms with Crippen LogP contribution in [0.4, 0.5) is 0 Å². The number of benzene rings is 1. The second kappa shape index (κ2) is 8.02. The highest BCUT2D eigenvalue weighted by Gasteiger charge is 2.43. The molecule has 3 fully saturated rings. The van der Waals surface area contributed by atoms with E-state index in [1.54, 1.807) is 16.7 Å². The minimum atomic E-state index is 0.165. The fraction of sp³-hybridized carbons (Fsp3) is 0.550. The fourth-order valence-corrected chi connectivity index (χ4v) is 5.12. The summed E-state index contributed by atoms with van der Waals surface area (Å²) in [5.41, 5.74) is 1.01. The van der Waals surface area contributed by atoms with E-state index in [0.29, 0.717) is 12.0 Å². The Labute approximate surface area is 164 Å². The van der Waals surface area contributed by atoms with Crippen molar-refractivity contribution in [3.05, 3.63) is 42.2 Å². The molecule has 144 valence electrons. The van der Waals surface area contributed by atoms with Crippen molar-refractivity contribution >= 4 is 17.7 Å². The topological polar surface area (TPSA) is 54.3 Å². The summed E-state index contributed by atoms with van der Waals surface area (Å²) >= 11 is 1.78. The van der Waals surface area contributed by atoms with Gasteiger partial charge in [-0.25, -0.2) is 0 Å². The van der Waals surface area contributed by atoms with Gasteiger partial charge in [-0.2, -0.15) is 0 Å². The molecule has 1 unspecified atom stereocenters. The molecule has 27 heavy (non-hydrogen) atoms. The molecule has 1 aromatic carbocycles. The highest BCUT2D eigenvalue weighted by Crippen LogP contribution is 2.37. The van der Waals surface area contributed by atoms with E-state index in [1.165, 1.54) is 4.90 Å². The summed E-state index contributed by atoms with van der Waals surface area (Å²) in [6.45, 7) is 2.85. The minimum Gasteiger partial charge on any atom is -0.349 e. The highest BCUT2D eigenvalue weighted by atomic mass is 32.2. The summed E-state index contributed by atoms with van der Waals surface area (Å²) in [5, 5.41) is 8.68. The van der Waals surface area contributed by atoms with Crippen LogP contribution in [0.3, 0.4) is 0 Å². The molecule has 2 aromatic rings. The number of amides is 1. The van der Waals surface area contributed by atoms with Crippen LogP contribution in [0.2, 0.25) is 0 Å². The van der Waals surface area contributed by atoms with Crippen LogP contribution in [0.15, 0.2) is 41.4 Å². The zero-order chi connectivity index (χ0) is 18.8. The quantitative estimate of drug-likeness (QED) is 0.715. The first kappa shape index (κ1) is 18.5. The molecule has 7 heteroatoms. The van der Waals surface area contributed by atoms with E-state index >= 15 is 0 Å². The van der Waals surface area contributed by atoms with E-state index in [9.17, 15) is 4.79 Å². The molecule has 1 aromatic heterocycles. The van der Waals surface area contributed by atoms with Crippen LogP contribution in [0.1, 0.15) is 18.5 Å². The number of fused-ring (bicyclic) bond motifs is 3. The standard InChI is InChI=1S/C20H27N5OS/c1-23(2)20(26)19-13-24-9-8-15(19)10-17(24)12-25-11-16(21-22-25)14-27-18-6-4-3-5-7-18/h3-7,11,15,17,19H,8-10,12-14H2,1-2H3/t15-,17+,19-/m0/s1. The summed E-state index contributed by atoms with van der Waals surface area (Å²) < 4.78 is 1.98. The Morgan fingerprint density at radius 2 is 2.11 bits per heavy atom. The molecule has 5 rings (SSSR count). The van der Waals surface area contributed by atoms with Crippen molar-refractivity contribution in [2.75, 3.05) is 27.2 Å². The van der Waals surface area contributed by atoms with Gasteiger partial charge in [0.05, 0.1) is 18.2 Å². The lowest BCUT2D eigenvalue weighted by atomic mass is 9.75. The zero-order valence-corrected chi connectivity index (χ0v) is 16.8. The third-order valence-corrected chi connectivity index (χ3v) is 6.80. The van der Waals surface area contributed by atoms with Crippen molar-refractivity contribution in [2.24, 2.45) is 11.8 Å². The van der Waals surface area contributed by atoms with Gasteiger partial charge in [-0.1, -0.05) is 23.4 Å². The molecular formula is C20H27N5OS. The highest BCUT2D eigenvalue weighted by molar-refractivity contribution is 7.98. The third kappa shape index (κ3) is 4.19. The maximum Gasteiger partial charge on any atom is 0.226 e. The van der Waals surface area contributed by atoms with Crippen LogP contribution in [-0.2, 0) is 17.1 Å². The van der Waals surface area contributed by atoms with Crippen LogP contribution in [0.5, 0.6) is 0 Å². The first-order valence-electron chi connectivity index (χ1n) is 9.62. The van der Waals surface area contributed by atoms with Gasteiger partial charge in [0, 0.05) is 43.5 Å². The Morgan fingerprint density at radius 3 is 2.81 bits per heavy atom. The molecule has 0 spiro atoms. The van der Waals surface area contributed by atoms with Gasteiger partial charge >= 0.3 is 0 Å². The molecule has 1 amide bonds. The lowest BCUT2D eigenvalue weighted by Crippen LogP contribution is -2.57. The van der Waals surface area contributed by atoms with Crippen LogP contribution >= 0.6 is 11.8 Å². The smallest absolute Gasteiger partial charge is 0.226 e. The maximum absolute atomic E-state index is 12.4. The van der Waals surface area contributed by atoms with Crippen molar-refractivity contribution in [3.63, 3.8) is 0 Å². The number of aromatic nitrogens is 3. The fourth-order valence-electron chi connectivity index (χ4n) is 4.32. The van der Waals surface area contributed by atoms with Crippen molar-refractivity contribution in [1.29, 1.82) is 0 Å². The van der Waals surface area contributed by atoms with Crippen LogP contribution in [0.25, 0.3) is 0 Å². The van der Waals surface area contributed by atoms with Gasteiger partial charge in [0.2, 0.25) is 5.91 Å². The van der Waals surface area contributed by atoms with Crippen molar-refractivity contribution < 1.29 is 4.79 Å². The normalized spacial score (nSPS) is 26.9. The molecule has 0 saturated carbocycles. The molecular weight excluding hydrogens is 358 g/mol. The molecule has 4 heterocycles. The summed E-state index contributed by atoms with van der Waals surface area (Å²) in [4.78, 5) is 17.9. The predicted octanol–water partition coefficient (Wildman–Crippen LogP) is 2.37. The average molecular weight is 386 g/mol. The number of piperidine rings is 3. The molecule has 6 nitrogen and oxygen atoms in total. The monoisotopic (exact) mass is 385 g/mol. The molecule has 2 bridgehead atoms. The van der Waals surface area contributed by atoms with E-state index in [-0.39, 0.29) is 11.8 Å². The Balaban J connectivity index is 1.33. The second-order valence-electron chi connectivity index (χ2n) is 7.81. The van der Waals surface area contributed by atoms with Gasteiger partial charge in [-0.3, -0.25) is 14.4 Å². The SMILES string of the molecule is CN(C)C(=O)[C@H]1CN2CC[C@H]1C[C@@H]2Cn1cc(CSc2ccccc2)nn1. The van der Waals surface area contributed by atoms with Gasteiger partial charge in [-0.05, 0) is 37.4 Å². The van der Waals surface area contributed by atoms with Gasteiger partial charge in [-0.15, -0.1) is 16.9 Å². The number of rotatable bonds is 6. The molecule has 3 aliphatic rings. The lowest BCUT2D eigenvalue weighted by Gasteiger charge is -2.49. The van der Waals surface area contributed by atoms with E-state index < -0.39 is 0 Å². The summed E-state index contributed by atoms with van der Waals surface area (Å²) in [6.07, 6.45) is 4.29. The number of carbonyl (C=O) groups is 1. The average Bonchev–Trinajstić information content (AvgIpc) is 3.14.